The second-order valence-electron chi connectivity index (χ2n) is 7.50. The predicted molar refractivity (Wildman–Crippen MR) is 115 cm³/mol. The minimum absolute atomic E-state index is 0.0237. The molecule has 158 valence electrons. The number of hydrogen-bond acceptors (Lipinski definition) is 4. The third-order valence-electron chi connectivity index (χ3n) is 4.93. The summed E-state index contributed by atoms with van der Waals surface area (Å²) in [4.78, 5) is 8.20. The van der Waals surface area contributed by atoms with Crippen molar-refractivity contribution in [1.82, 2.24) is 19.6 Å². The van der Waals surface area contributed by atoms with Crippen LogP contribution < -0.4 is 5.32 Å². The Bertz CT molecular complexity index is 1090. The van der Waals surface area contributed by atoms with Gasteiger partial charge in [0.05, 0.1) is 11.1 Å². The van der Waals surface area contributed by atoms with Gasteiger partial charge >= 0.3 is 0 Å². The lowest BCUT2D eigenvalue weighted by Crippen LogP contribution is -2.24. The Labute approximate surface area is 179 Å². The summed E-state index contributed by atoms with van der Waals surface area (Å²) in [7, 11) is 0. The van der Waals surface area contributed by atoms with E-state index in [1.807, 2.05) is 20.8 Å². The Morgan fingerprint density at radius 2 is 1.87 bits per heavy atom. The number of anilines is 1. The van der Waals surface area contributed by atoms with Crippen LogP contribution in [0.3, 0.4) is 0 Å². The van der Waals surface area contributed by atoms with E-state index in [0.29, 0.717) is 12.2 Å². The second kappa shape index (κ2) is 9.40. The summed E-state index contributed by atoms with van der Waals surface area (Å²) in [6.07, 6.45) is 3.95. The lowest BCUT2D eigenvalue weighted by Gasteiger charge is -2.22. The Kier molecular flexibility index (Phi) is 6.88. The molecule has 0 aliphatic rings. The molecular formula is C22H24ClF2N5. The first kappa shape index (κ1) is 22.0. The van der Waals surface area contributed by atoms with E-state index >= 15 is 8.78 Å². The number of halogens is 3. The lowest BCUT2D eigenvalue weighted by atomic mass is 10.0. The second-order valence-corrected chi connectivity index (χ2v) is 7.85. The maximum atomic E-state index is 15.1. The van der Waals surface area contributed by atoms with Crippen LogP contribution in [-0.4, -0.2) is 25.6 Å². The fourth-order valence-electron chi connectivity index (χ4n) is 2.87. The van der Waals surface area contributed by atoms with Gasteiger partial charge in [0.1, 0.15) is 28.9 Å². The quantitative estimate of drug-likeness (QED) is 0.308. The van der Waals surface area contributed by atoms with Gasteiger partial charge in [-0.1, -0.05) is 50.6 Å². The first-order chi connectivity index (χ1) is 14.3. The number of nitrogens with one attached hydrogen (secondary N) is 1. The molecule has 1 atom stereocenters. The van der Waals surface area contributed by atoms with Gasteiger partial charge in [-0.3, -0.25) is 0 Å². The summed E-state index contributed by atoms with van der Waals surface area (Å²) < 4.78 is 31.6. The minimum atomic E-state index is -0.766. The normalized spacial score (nSPS) is 12.1. The molecule has 0 fully saturated rings. The standard InChI is InChI=1S/C22H24ClF2N5/c1-5-6-7-8-9-15-10-16(24)18(17(25)11-15)19-20(23)29-22-26-12-27-30(22)21(19)28-14(4)13(2)3/h10-14,28H,5-7H2,1-4H3/t14-/m1/s1. The molecule has 30 heavy (non-hydrogen) atoms. The van der Waals surface area contributed by atoms with Gasteiger partial charge in [0, 0.05) is 18.0 Å². The van der Waals surface area contributed by atoms with E-state index in [1.165, 1.54) is 23.0 Å². The molecule has 5 nitrogen and oxygen atoms in total. The van der Waals surface area contributed by atoms with Crippen LogP contribution >= 0.6 is 11.6 Å². The maximum Gasteiger partial charge on any atom is 0.255 e. The molecule has 2 heterocycles. The van der Waals surface area contributed by atoms with Crippen molar-refractivity contribution in [3.63, 3.8) is 0 Å². The van der Waals surface area contributed by atoms with E-state index in [-0.39, 0.29) is 39.6 Å². The van der Waals surface area contributed by atoms with E-state index in [0.717, 1.165) is 12.8 Å². The molecule has 0 amide bonds. The van der Waals surface area contributed by atoms with Crippen LogP contribution in [0.5, 0.6) is 0 Å². The summed E-state index contributed by atoms with van der Waals surface area (Å²) in [6, 6.07) is 2.41. The van der Waals surface area contributed by atoms with Crippen molar-refractivity contribution in [3.8, 4) is 23.0 Å². The average molecular weight is 432 g/mol. The van der Waals surface area contributed by atoms with Gasteiger partial charge in [0.15, 0.2) is 0 Å². The monoisotopic (exact) mass is 431 g/mol. The number of unbranched alkanes of at least 4 members (excludes halogenated alkanes) is 2. The molecule has 0 aliphatic carbocycles. The largest absolute Gasteiger partial charge is 0.367 e. The van der Waals surface area contributed by atoms with Crippen molar-refractivity contribution in [2.24, 2.45) is 5.92 Å². The van der Waals surface area contributed by atoms with Gasteiger partial charge in [0.2, 0.25) is 0 Å². The third kappa shape index (κ3) is 4.54. The van der Waals surface area contributed by atoms with E-state index in [1.54, 1.807) is 0 Å². The zero-order chi connectivity index (χ0) is 21.8. The molecule has 0 radical (unpaired) electrons. The molecule has 0 saturated heterocycles. The molecule has 0 spiro atoms. The number of rotatable bonds is 6. The molecule has 0 saturated carbocycles. The molecule has 8 heteroatoms. The van der Waals surface area contributed by atoms with Gasteiger partial charge in [-0.05, 0) is 31.4 Å². The molecule has 1 N–H and O–H groups in total. The van der Waals surface area contributed by atoms with Crippen molar-refractivity contribution in [2.45, 2.75) is 53.0 Å². The smallest absolute Gasteiger partial charge is 0.255 e. The van der Waals surface area contributed by atoms with Crippen molar-refractivity contribution in [1.29, 1.82) is 0 Å². The Morgan fingerprint density at radius 1 is 1.17 bits per heavy atom. The van der Waals surface area contributed by atoms with Gasteiger partial charge in [-0.2, -0.15) is 19.6 Å². The van der Waals surface area contributed by atoms with Gasteiger partial charge < -0.3 is 5.32 Å². The topological polar surface area (TPSA) is 55.1 Å². The molecule has 1 aromatic carbocycles. The number of nitrogens with zero attached hydrogens (tertiary/aromatic N) is 4. The van der Waals surface area contributed by atoms with E-state index in [9.17, 15) is 0 Å². The number of aromatic nitrogens is 4. The van der Waals surface area contributed by atoms with Crippen molar-refractivity contribution in [3.05, 3.63) is 40.8 Å². The number of benzene rings is 1. The maximum absolute atomic E-state index is 15.1. The molecule has 3 aromatic rings. The average Bonchev–Trinajstić information content (AvgIpc) is 3.14. The SMILES string of the molecule is CCCCC#Cc1cc(F)c(-c2c(Cl)nc3ncnn3c2N[C@H](C)C(C)C)c(F)c1. The summed E-state index contributed by atoms with van der Waals surface area (Å²) in [5.41, 5.74) is 0.103. The zero-order valence-corrected chi connectivity index (χ0v) is 18.2. The Balaban J connectivity index is 2.16. The van der Waals surface area contributed by atoms with Crippen LogP contribution in [0.4, 0.5) is 14.6 Å². The van der Waals surface area contributed by atoms with Crippen molar-refractivity contribution < 1.29 is 8.78 Å². The molecule has 0 bridgehead atoms. The third-order valence-corrected chi connectivity index (χ3v) is 5.20. The lowest BCUT2D eigenvalue weighted by molar-refractivity contribution is 0.556. The van der Waals surface area contributed by atoms with Crippen LogP contribution in [0.15, 0.2) is 18.5 Å². The van der Waals surface area contributed by atoms with Crippen LogP contribution in [0.1, 0.15) is 52.5 Å². The summed E-state index contributed by atoms with van der Waals surface area (Å²) in [5, 5.41) is 7.36. The molecule has 0 aliphatic heterocycles. The summed E-state index contributed by atoms with van der Waals surface area (Å²) >= 11 is 6.37. The van der Waals surface area contributed by atoms with Gasteiger partial charge in [0.25, 0.3) is 5.78 Å². The molecule has 3 rings (SSSR count). The zero-order valence-electron chi connectivity index (χ0n) is 17.4. The predicted octanol–water partition coefficient (Wildman–Crippen LogP) is 5.72. The summed E-state index contributed by atoms with van der Waals surface area (Å²) in [5.74, 6) is 5.05. The Morgan fingerprint density at radius 3 is 2.50 bits per heavy atom. The highest BCUT2D eigenvalue weighted by Gasteiger charge is 2.25. The number of hydrogen-bond donors (Lipinski definition) is 1. The highest BCUT2D eigenvalue weighted by atomic mass is 35.5. The van der Waals surface area contributed by atoms with Crippen molar-refractivity contribution in [2.75, 3.05) is 5.32 Å². The van der Waals surface area contributed by atoms with Crippen LogP contribution in [-0.2, 0) is 0 Å². The summed E-state index contributed by atoms with van der Waals surface area (Å²) in [6.45, 7) is 8.09. The van der Waals surface area contributed by atoms with Crippen molar-refractivity contribution >= 4 is 23.2 Å². The van der Waals surface area contributed by atoms with E-state index < -0.39 is 11.6 Å². The fraction of sp³-hybridized carbons (Fsp3) is 0.409. The van der Waals surface area contributed by atoms with Crippen LogP contribution in [0.25, 0.3) is 16.9 Å². The molecule has 0 unspecified atom stereocenters. The van der Waals surface area contributed by atoms with E-state index in [4.69, 9.17) is 11.6 Å². The number of fused-ring (bicyclic) bond motifs is 1. The first-order valence-electron chi connectivity index (χ1n) is 9.97. The first-order valence-corrected chi connectivity index (χ1v) is 10.3. The van der Waals surface area contributed by atoms with Gasteiger partial charge in [-0.25, -0.2) is 8.78 Å². The fourth-order valence-corrected chi connectivity index (χ4v) is 3.13. The highest BCUT2D eigenvalue weighted by Crippen LogP contribution is 2.38. The van der Waals surface area contributed by atoms with Crippen LogP contribution in [0.2, 0.25) is 5.15 Å². The Hall–Kier alpha value is -2.72. The molecular weight excluding hydrogens is 408 g/mol. The van der Waals surface area contributed by atoms with Crippen LogP contribution in [0, 0.1) is 29.4 Å². The molecule has 2 aromatic heterocycles. The van der Waals surface area contributed by atoms with E-state index in [2.05, 4.69) is 39.1 Å². The minimum Gasteiger partial charge on any atom is -0.367 e. The highest BCUT2D eigenvalue weighted by molar-refractivity contribution is 6.33. The van der Waals surface area contributed by atoms with Gasteiger partial charge in [-0.15, -0.1) is 0 Å².